The predicted molar refractivity (Wildman–Crippen MR) is 130 cm³/mol. The van der Waals surface area contributed by atoms with Crippen LogP contribution in [0.25, 0.3) is 11.0 Å². The summed E-state index contributed by atoms with van der Waals surface area (Å²) in [6, 6.07) is 10.6. The second-order valence-electron chi connectivity index (χ2n) is 8.35. The van der Waals surface area contributed by atoms with Crippen LogP contribution in [0.3, 0.4) is 0 Å². The van der Waals surface area contributed by atoms with Crippen molar-refractivity contribution >= 4 is 40.7 Å². The lowest BCUT2D eigenvalue weighted by Gasteiger charge is -2.35. The van der Waals surface area contributed by atoms with Crippen LogP contribution < -0.4 is 5.32 Å². The molecule has 1 aliphatic heterocycles. The number of anilines is 2. The van der Waals surface area contributed by atoms with E-state index in [2.05, 4.69) is 54.3 Å². The third-order valence-corrected chi connectivity index (χ3v) is 6.23. The Balaban J connectivity index is 0.00000272. The number of likely N-dealkylation sites (tertiary alicyclic amines) is 1. The van der Waals surface area contributed by atoms with E-state index in [9.17, 15) is 4.79 Å². The smallest absolute Gasteiger partial charge is 0.257 e. The fourth-order valence-electron chi connectivity index (χ4n) is 4.28. The van der Waals surface area contributed by atoms with Crippen molar-refractivity contribution in [3.63, 3.8) is 0 Å². The fourth-order valence-corrected chi connectivity index (χ4v) is 4.28. The van der Waals surface area contributed by atoms with Gasteiger partial charge in [0, 0.05) is 35.6 Å². The molecule has 0 spiro atoms. The molecular weight excluding hydrogens is 408 g/mol. The highest BCUT2D eigenvalue weighted by Gasteiger charge is 2.28. The molecule has 31 heavy (non-hydrogen) atoms. The minimum absolute atomic E-state index is 0. The molecule has 0 aliphatic carbocycles. The number of aryl methyl sites for hydroxylation is 3. The van der Waals surface area contributed by atoms with E-state index >= 15 is 0 Å². The number of hydrogen-bond donors (Lipinski definition) is 1. The van der Waals surface area contributed by atoms with Crippen LogP contribution in [0.4, 0.5) is 11.4 Å². The number of aromatic nitrogens is 2. The first-order valence-corrected chi connectivity index (χ1v) is 10.9. The summed E-state index contributed by atoms with van der Waals surface area (Å²) >= 11 is 0. The van der Waals surface area contributed by atoms with Crippen LogP contribution in [-0.4, -0.2) is 33.4 Å². The zero-order chi connectivity index (χ0) is 21.3. The second kappa shape index (κ2) is 9.65. The van der Waals surface area contributed by atoms with Gasteiger partial charge >= 0.3 is 0 Å². The highest BCUT2D eigenvalue weighted by atomic mass is 35.5. The van der Waals surface area contributed by atoms with Gasteiger partial charge in [-0.25, -0.2) is 9.97 Å². The number of nitrogens with one attached hydrogen (secondary N) is 1. The molecule has 1 aliphatic rings. The average Bonchev–Trinajstić information content (AvgIpc) is 2.75. The van der Waals surface area contributed by atoms with Crippen molar-refractivity contribution in [2.24, 2.45) is 0 Å². The third-order valence-electron chi connectivity index (χ3n) is 6.23. The van der Waals surface area contributed by atoms with Gasteiger partial charge in [0.1, 0.15) is 0 Å². The number of halogens is 1. The molecule has 5 nitrogen and oxygen atoms in total. The van der Waals surface area contributed by atoms with Gasteiger partial charge in [-0.05, 0) is 81.8 Å². The van der Waals surface area contributed by atoms with Gasteiger partial charge in [-0.1, -0.05) is 13.0 Å². The molecule has 1 aromatic carbocycles. The molecule has 164 valence electrons. The van der Waals surface area contributed by atoms with Gasteiger partial charge in [0.05, 0.1) is 11.3 Å². The Morgan fingerprint density at radius 2 is 1.94 bits per heavy atom. The van der Waals surface area contributed by atoms with Crippen LogP contribution >= 0.6 is 12.4 Å². The van der Waals surface area contributed by atoms with Crippen LogP contribution in [0.1, 0.15) is 59.8 Å². The summed E-state index contributed by atoms with van der Waals surface area (Å²) in [4.78, 5) is 24.8. The monoisotopic (exact) mass is 438 g/mol. The first kappa shape index (κ1) is 23.0. The fraction of sp³-hybridized carbons (Fsp3) is 0.400. The molecule has 1 N–H and O–H groups in total. The Morgan fingerprint density at radius 1 is 1.13 bits per heavy atom. The zero-order valence-corrected chi connectivity index (χ0v) is 19.6. The Labute approximate surface area is 190 Å². The molecule has 3 heterocycles. The van der Waals surface area contributed by atoms with Crippen LogP contribution in [-0.2, 0) is 0 Å². The van der Waals surface area contributed by atoms with E-state index in [1.165, 1.54) is 17.5 Å². The number of pyridine rings is 2. The average molecular weight is 439 g/mol. The second-order valence-corrected chi connectivity index (χ2v) is 8.35. The summed E-state index contributed by atoms with van der Waals surface area (Å²) in [6.07, 6.45) is 6.00. The van der Waals surface area contributed by atoms with Crippen LogP contribution in [0.2, 0.25) is 0 Å². The number of benzene rings is 1. The Bertz CT molecular complexity index is 1100. The maximum Gasteiger partial charge on any atom is 0.257 e. The zero-order valence-electron chi connectivity index (χ0n) is 18.7. The van der Waals surface area contributed by atoms with Crippen molar-refractivity contribution in [3.05, 3.63) is 58.9 Å². The number of amides is 1. The molecule has 1 saturated heterocycles. The first-order chi connectivity index (χ1) is 14.5. The molecule has 1 unspecified atom stereocenters. The molecule has 1 atom stereocenters. The van der Waals surface area contributed by atoms with Crippen LogP contribution in [0.15, 0.2) is 36.5 Å². The summed E-state index contributed by atoms with van der Waals surface area (Å²) in [7, 11) is 0. The molecule has 1 amide bonds. The molecule has 2 aromatic heterocycles. The third kappa shape index (κ3) is 4.67. The van der Waals surface area contributed by atoms with Gasteiger partial charge in [-0.2, -0.15) is 0 Å². The standard InChI is InChI=1S/C25H30N4O.ClH/c1-5-20-8-6-7-13-29(20)25(30)22-15-26-24-21(12-10-18(4)27-24)23(22)28-19-11-9-16(2)17(3)14-19;/h9-12,14-15,20H,5-8,13H2,1-4H3,(H,26,27,28);1H. The summed E-state index contributed by atoms with van der Waals surface area (Å²) < 4.78 is 0. The van der Waals surface area contributed by atoms with E-state index in [-0.39, 0.29) is 18.3 Å². The van der Waals surface area contributed by atoms with Gasteiger partial charge < -0.3 is 10.2 Å². The topological polar surface area (TPSA) is 58.1 Å². The van der Waals surface area contributed by atoms with Crippen molar-refractivity contribution < 1.29 is 4.79 Å². The summed E-state index contributed by atoms with van der Waals surface area (Å²) in [5.74, 6) is 0.0582. The number of carbonyl (C=O) groups excluding carboxylic acids is 1. The Hall–Kier alpha value is -2.66. The van der Waals surface area contributed by atoms with Crippen molar-refractivity contribution in [1.29, 1.82) is 0 Å². The van der Waals surface area contributed by atoms with Crippen molar-refractivity contribution in [3.8, 4) is 0 Å². The summed E-state index contributed by atoms with van der Waals surface area (Å²) in [6.45, 7) is 9.13. The van der Waals surface area contributed by atoms with Gasteiger partial charge in [0.2, 0.25) is 0 Å². The molecule has 6 heteroatoms. The van der Waals surface area contributed by atoms with E-state index in [0.717, 1.165) is 48.3 Å². The molecule has 4 rings (SSSR count). The van der Waals surface area contributed by atoms with Crippen molar-refractivity contribution in [2.75, 3.05) is 11.9 Å². The van der Waals surface area contributed by atoms with E-state index < -0.39 is 0 Å². The minimum Gasteiger partial charge on any atom is -0.354 e. The lowest BCUT2D eigenvalue weighted by Crippen LogP contribution is -2.43. The maximum atomic E-state index is 13.6. The molecule has 0 radical (unpaired) electrons. The number of rotatable bonds is 4. The number of piperidine rings is 1. The summed E-state index contributed by atoms with van der Waals surface area (Å²) in [5.41, 5.74) is 6.39. The highest BCUT2D eigenvalue weighted by molar-refractivity contribution is 6.07. The lowest BCUT2D eigenvalue weighted by molar-refractivity contribution is 0.0609. The van der Waals surface area contributed by atoms with Crippen LogP contribution in [0, 0.1) is 20.8 Å². The Morgan fingerprint density at radius 3 is 2.68 bits per heavy atom. The van der Waals surface area contributed by atoms with E-state index in [4.69, 9.17) is 0 Å². The number of nitrogens with zero attached hydrogens (tertiary/aromatic N) is 3. The quantitative estimate of drug-likeness (QED) is 0.532. The SMILES string of the molecule is CCC1CCCCN1C(=O)c1cnc2nc(C)ccc2c1Nc1ccc(C)c(C)c1.Cl. The van der Waals surface area contributed by atoms with Gasteiger partial charge in [0.25, 0.3) is 5.91 Å². The lowest BCUT2D eigenvalue weighted by atomic mass is 9.98. The van der Waals surface area contributed by atoms with Crippen LogP contribution in [0.5, 0.6) is 0 Å². The highest BCUT2D eigenvalue weighted by Crippen LogP contribution is 2.32. The van der Waals surface area contributed by atoms with Gasteiger partial charge in [-0.3, -0.25) is 4.79 Å². The van der Waals surface area contributed by atoms with Crippen molar-refractivity contribution in [1.82, 2.24) is 14.9 Å². The molecule has 3 aromatic rings. The number of hydrogen-bond acceptors (Lipinski definition) is 4. The largest absolute Gasteiger partial charge is 0.354 e. The summed E-state index contributed by atoms with van der Waals surface area (Å²) in [5, 5.41) is 4.40. The maximum absolute atomic E-state index is 13.6. The molecule has 1 fully saturated rings. The normalized spacial score (nSPS) is 16.1. The van der Waals surface area contributed by atoms with Gasteiger partial charge in [0.15, 0.2) is 5.65 Å². The minimum atomic E-state index is 0. The van der Waals surface area contributed by atoms with E-state index in [1.807, 2.05) is 24.0 Å². The number of carbonyl (C=O) groups is 1. The first-order valence-electron chi connectivity index (χ1n) is 10.9. The molecule has 0 bridgehead atoms. The van der Waals surface area contributed by atoms with Crippen molar-refractivity contribution in [2.45, 2.75) is 59.4 Å². The molecule has 0 saturated carbocycles. The predicted octanol–water partition coefficient (Wildman–Crippen LogP) is 6.13. The Kier molecular flexibility index (Phi) is 7.16. The van der Waals surface area contributed by atoms with E-state index in [0.29, 0.717) is 17.3 Å². The van der Waals surface area contributed by atoms with Gasteiger partial charge in [-0.15, -0.1) is 12.4 Å². The molecular formula is C25H31ClN4O. The number of fused-ring (bicyclic) bond motifs is 1. The van der Waals surface area contributed by atoms with E-state index in [1.54, 1.807) is 6.20 Å².